The van der Waals surface area contributed by atoms with Crippen molar-refractivity contribution in [1.29, 1.82) is 0 Å². The predicted molar refractivity (Wildman–Crippen MR) is 158 cm³/mol. The summed E-state index contributed by atoms with van der Waals surface area (Å²) in [6, 6.07) is 17.7. The van der Waals surface area contributed by atoms with Crippen molar-refractivity contribution in [2.45, 2.75) is 24.7 Å². The average Bonchev–Trinajstić information content (AvgIpc) is 3.45. The van der Waals surface area contributed by atoms with Crippen LogP contribution in [0.15, 0.2) is 70.9 Å². The number of benzene rings is 3. The summed E-state index contributed by atoms with van der Waals surface area (Å²) in [5.41, 5.74) is 4.47. The lowest BCUT2D eigenvalue weighted by Crippen LogP contribution is -2.35. The summed E-state index contributed by atoms with van der Waals surface area (Å²) < 4.78 is 39.6. The zero-order valence-electron chi connectivity index (χ0n) is 22.4. The maximum atomic E-state index is 13.5. The van der Waals surface area contributed by atoms with Gasteiger partial charge in [-0.15, -0.1) is 11.3 Å². The first-order valence-corrected chi connectivity index (χ1v) is 15.1. The van der Waals surface area contributed by atoms with Crippen LogP contribution in [-0.2, 0) is 21.2 Å². The number of anilines is 3. The molecule has 1 aromatic heterocycles. The maximum absolute atomic E-state index is 13.5. The number of aryl methyl sites for hydroxylation is 2. The monoisotopic (exact) mass is 578 g/mol. The van der Waals surface area contributed by atoms with Gasteiger partial charge in [-0.25, -0.2) is 13.4 Å². The Morgan fingerprint density at radius 1 is 1.10 bits per heavy atom. The molecule has 0 atom stereocenters. The highest BCUT2D eigenvalue weighted by molar-refractivity contribution is 7.92. The molecule has 2 heterocycles. The summed E-state index contributed by atoms with van der Waals surface area (Å²) in [5, 5.41) is 8.58. The molecule has 3 aromatic carbocycles. The maximum Gasteiger partial charge on any atom is 0.264 e. The summed E-state index contributed by atoms with van der Waals surface area (Å²) in [7, 11) is -0.403. The molecule has 4 aromatic rings. The minimum Gasteiger partial charge on any atom is -0.495 e. The summed E-state index contributed by atoms with van der Waals surface area (Å²) in [5.74, 6) is 0.549. The van der Waals surface area contributed by atoms with Gasteiger partial charge in [0, 0.05) is 24.5 Å². The van der Waals surface area contributed by atoms with Crippen molar-refractivity contribution in [3.63, 3.8) is 0 Å². The van der Waals surface area contributed by atoms with E-state index in [1.807, 2.05) is 42.8 Å². The fourth-order valence-corrected chi connectivity index (χ4v) is 6.94. The summed E-state index contributed by atoms with van der Waals surface area (Å²) in [6.45, 7) is 1.93. The average molecular weight is 579 g/mol. The fraction of sp³-hybridized carbons (Fsp3) is 0.241. The number of rotatable bonds is 9. The molecular weight excluding hydrogens is 548 g/mol. The molecule has 1 aliphatic rings. The van der Waals surface area contributed by atoms with Crippen LogP contribution < -0.4 is 24.4 Å². The van der Waals surface area contributed by atoms with E-state index in [0.717, 1.165) is 40.5 Å². The highest BCUT2D eigenvalue weighted by Gasteiger charge is 2.29. The Morgan fingerprint density at radius 2 is 1.90 bits per heavy atom. The van der Waals surface area contributed by atoms with E-state index in [4.69, 9.17) is 9.47 Å². The first kappa shape index (κ1) is 27.5. The lowest BCUT2D eigenvalue weighted by molar-refractivity contribution is -0.118. The van der Waals surface area contributed by atoms with Gasteiger partial charge >= 0.3 is 0 Å². The van der Waals surface area contributed by atoms with E-state index < -0.39 is 10.0 Å². The summed E-state index contributed by atoms with van der Waals surface area (Å²) in [6.07, 6.45) is 1.62. The molecule has 0 aliphatic carbocycles. The van der Waals surface area contributed by atoms with E-state index in [2.05, 4.69) is 15.6 Å². The van der Waals surface area contributed by atoms with Gasteiger partial charge in [0.2, 0.25) is 0 Å². The Balaban J connectivity index is 1.27. The molecule has 0 spiro atoms. The number of sulfonamides is 1. The van der Waals surface area contributed by atoms with Gasteiger partial charge in [-0.1, -0.05) is 18.2 Å². The Kier molecular flexibility index (Phi) is 7.95. The minimum atomic E-state index is -3.75. The van der Waals surface area contributed by atoms with E-state index in [9.17, 15) is 13.2 Å². The van der Waals surface area contributed by atoms with Crippen LogP contribution >= 0.6 is 11.3 Å². The predicted octanol–water partition coefficient (Wildman–Crippen LogP) is 5.33. The zero-order valence-corrected chi connectivity index (χ0v) is 24.1. The van der Waals surface area contributed by atoms with Crippen molar-refractivity contribution >= 4 is 43.8 Å². The highest BCUT2D eigenvalue weighted by atomic mass is 32.2. The second-order valence-corrected chi connectivity index (χ2v) is 12.0. The first-order valence-electron chi connectivity index (χ1n) is 12.8. The number of thiazole rings is 1. The fourth-order valence-electron chi connectivity index (χ4n) is 4.64. The molecule has 2 N–H and O–H groups in total. The third kappa shape index (κ3) is 5.61. The molecule has 0 bridgehead atoms. The number of nitrogens with zero attached hydrogens (tertiary/aromatic N) is 2. The largest absolute Gasteiger partial charge is 0.495 e. The van der Waals surface area contributed by atoms with Crippen molar-refractivity contribution in [3.05, 3.63) is 77.2 Å². The van der Waals surface area contributed by atoms with Gasteiger partial charge in [0.05, 0.1) is 29.1 Å². The van der Waals surface area contributed by atoms with Crippen molar-refractivity contribution < 1.29 is 22.7 Å². The smallest absolute Gasteiger partial charge is 0.264 e. The third-order valence-corrected chi connectivity index (χ3v) is 9.32. The second kappa shape index (κ2) is 11.6. The normalized spacial score (nSPS) is 12.9. The number of fused-ring (bicyclic) bond motifs is 1. The van der Waals surface area contributed by atoms with E-state index in [1.54, 1.807) is 31.2 Å². The van der Waals surface area contributed by atoms with Crippen LogP contribution in [0, 0.1) is 6.92 Å². The minimum absolute atomic E-state index is 0.184. The summed E-state index contributed by atoms with van der Waals surface area (Å²) in [4.78, 5) is 17.5. The Morgan fingerprint density at radius 3 is 2.65 bits per heavy atom. The number of ether oxygens (including phenoxy) is 2. The lowest BCUT2D eigenvalue weighted by atomic mass is 10.0. The molecule has 1 amide bonds. The van der Waals surface area contributed by atoms with Crippen LogP contribution in [0.3, 0.4) is 0 Å². The van der Waals surface area contributed by atoms with Gasteiger partial charge in [-0.2, -0.15) is 0 Å². The van der Waals surface area contributed by atoms with E-state index in [1.165, 1.54) is 28.8 Å². The van der Waals surface area contributed by atoms with Gasteiger partial charge in [0.1, 0.15) is 11.5 Å². The molecule has 0 saturated heterocycles. The lowest BCUT2D eigenvalue weighted by Gasteiger charge is -2.30. The molecule has 9 nitrogen and oxygen atoms in total. The number of nitrogens with one attached hydrogen (secondary N) is 2. The van der Waals surface area contributed by atoms with Gasteiger partial charge in [-0.05, 0) is 73.4 Å². The zero-order chi connectivity index (χ0) is 28.3. The van der Waals surface area contributed by atoms with E-state index in [-0.39, 0.29) is 17.4 Å². The van der Waals surface area contributed by atoms with Crippen molar-refractivity contribution in [1.82, 2.24) is 4.98 Å². The van der Waals surface area contributed by atoms with Crippen LogP contribution in [0.1, 0.15) is 17.5 Å². The quantitative estimate of drug-likeness (QED) is 0.276. The van der Waals surface area contributed by atoms with Crippen LogP contribution in [0.2, 0.25) is 0 Å². The number of carbonyl (C=O) groups excluding carboxylic acids is 1. The molecule has 40 heavy (non-hydrogen) atoms. The van der Waals surface area contributed by atoms with Gasteiger partial charge in [-0.3, -0.25) is 9.10 Å². The van der Waals surface area contributed by atoms with Gasteiger partial charge in [0.25, 0.3) is 15.9 Å². The highest BCUT2D eigenvalue weighted by Crippen LogP contribution is 2.34. The molecule has 11 heteroatoms. The van der Waals surface area contributed by atoms with Crippen molar-refractivity contribution in [2.75, 3.05) is 42.2 Å². The van der Waals surface area contributed by atoms with E-state index in [0.29, 0.717) is 29.3 Å². The number of carbonyl (C=O) groups is 1. The Labute approximate surface area is 237 Å². The molecule has 208 valence electrons. The Bertz CT molecular complexity index is 1650. The molecule has 0 radical (unpaired) electrons. The van der Waals surface area contributed by atoms with Crippen LogP contribution in [-0.4, -0.2) is 46.6 Å². The molecule has 0 unspecified atom stereocenters. The molecule has 0 fully saturated rings. The second-order valence-electron chi connectivity index (χ2n) is 9.28. The SMILES string of the molecule is CNc1nc(-c2ccc(OC)c(NC(=O)COc3ccc(S(=O)(=O)N4CCCc5ccccc54)cc3C)c2)cs1. The van der Waals surface area contributed by atoms with Crippen molar-refractivity contribution in [3.8, 4) is 22.8 Å². The third-order valence-electron chi connectivity index (χ3n) is 6.65. The molecular formula is C29H30N4O5S2. The number of hydrogen-bond donors (Lipinski definition) is 2. The Hall–Kier alpha value is -4.09. The van der Waals surface area contributed by atoms with E-state index >= 15 is 0 Å². The van der Waals surface area contributed by atoms with Gasteiger partial charge < -0.3 is 20.1 Å². The molecule has 5 rings (SSSR count). The first-order chi connectivity index (χ1) is 19.3. The molecule has 1 aliphatic heterocycles. The van der Waals surface area contributed by atoms with Gasteiger partial charge in [0.15, 0.2) is 11.7 Å². The summed E-state index contributed by atoms with van der Waals surface area (Å²) >= 11 is 1.49. The van der Waals surface area contributed by atoms with Crippen LogP contribution in [0.4, 0.5) is 16.5 Å². The topological polar surface area (TPSA) is 110 Å². The standard InChI is InChI=1S/C29H30N4O5S2/c1-19-15-22(40(35,36)33-14-6-8-20-7-4-5-9-25(20)33)11-13-26(19)38-17-28(34)31-23-16-21(10-12-27(23)37-3)24-18-39-29(30-2)32-24/h4-5,7,9-13,15-16,18H,6,8,14,17H2,1-3H3,(H,30,32)(H,31,34). The van der Waals surface area contributed by atoms with Crippen LogP contribution in [0.25, 0.3) is 11.3 Å². The number of methoxy groups -OCH3 is 1. The molecule has 0 saturated carbocycles. The van der Waals surface area contributed by atoms with Crippen LogP contribution in [0.5, 0.6) is 11.5 Å². The van der Waals surface area contributed by atoms with Crippen molar-refractivity contribution in [2.24, 2.45) is 0 Å². The number of hydrogen-bond acceptors (Lipinski definition) is 8. The number of para-hydroxylation sites is 1. The number of aromatic nitrogens is 1. The number of amides is 1.